The molecule has 3 nitrogen and oxygen atoms in total. The summed E-state index contributed by atoms with van der Waals surface area (Å²) in [6.07, 6.45) is 5.87. The number of hydrogen-bond acceptors (Lipinski definition) is 6. The molecule has 1 aromatic carbocycles. The lowest BCUT2D eigenvalue weighted by molar-refractivity contribution is 0.980. The Morgan fingerprint density at radius 2 is 1.55 bits per heavy atom. The number of thiophene rings is 2. The molecule has 29 heavy (non-hydrogen) atoms. The number of nitrogens with zero attached hydrogens (tertiary/aromatic N) is 3. The Labute approximate surface area is 184 Å². The van der Waals surface area contributed by atoms with Crippen molar-refractivity contribution in [2.75, 3.05) is 24.2 Å². The first-order chi connectivity index (χ1) is 14.1. The Bertz CT molecular complexity index is 1090. The maximum Gasteiger partial charge on any atom is 0.131 e. The molecule has 0 bridgehead atoms. The molecule has 0 atom stereocenters. The summed E-state index contributed by atoms with van der Waals surface area (Å²) in [5, 5.41) is 17.8. The second-order valence-corrected chi connectivity index (χ2v) is 8.93. The predicted molar refractivity (Wildman–Crippen MR) is 129 cm³/mol. The second kappa shape index (κ2) is 10.1. The van der Waals surface area contributed by atoms with Crippen molar-refractivity contribution in [1.29, 1.82) is 10.5 Å². The monoisotopic (exact) mass is 433 g/mol. The second-order valence-electron chi connectivity index (χ2n) is 6.26. The Morgan fingerprint density at radius 3 is 2.17 bits per heavy atom. The fourth-order valence-corrected chi connectivity index (χ4v) is 4.92. The van der Waals surface area contributed by atoms with E-state index in [-0.39, 0.29) is 5.57 Å². The normalized spacial score (nSPS) is 10.5. The summed E-state index contributed by atoms with van der Waals surface area (Å²) in [5.74, 6) is 0.832. The van der Waals surface area contributed by atoms with Gasteiger partial charge in [0.05, 0.1) is 0 Å². The number of nitriles is 2. The lowest BCUT2D eigenvalue weighted by atomic mass is 10.2. The third-order valence-corrected chi connectivity index (χ3v) is 6.71. The van der Waals surface area contributed by atoms with Gasteiger partial charge in [-0.25, -0.2) is 0 Å². The minimum atomic E-state index is 0.121. The van der Waals surface area contributed by atoms with E-state index in [0.717, 1.165) is 27.6 Å². The zero-order valence-electron chi connectivity index (χ0n) is 15.9. The van der Waals surface area contributed by atoms with Crippen LogP contribution in [0.25, 0.3) is 28.0 Å². The molecule has 0 spiro atoms. The average molecular weight is 434 g/mol. The van der Waals surface area contributed by atoms with Crippen molar-refractivity contribution in [2.24, 2.45) is 0 Å². The summed E-state index contributed by atoms with van der Waals surface area (Å²) in [7, 11) is 2.07. The van der Waals surface area contributed by atoms with E-state index in [1.54, 1.807) is 28.7 Å². The molecule has 144 valence electrons. The van der Waals surface area contributed by atoms with Gasteiger partial charge >= 0.3 is 0 Å². The molecule has 0 aliphatic rings. The van der Waals surface area contributed by atoms with Crippen molar-refractivity contribution < 1.29 is 0 Å². The molecule has 3 aromatic rings. The van der Waals surface area contributed by atoms with Gasteiger partial charge in [-0.2, -0.15) is 23.2 Å². The molecule has 0 aliphatic carbocycles. The van der Waals surface area contributed by atoms with Crippen LogP contribution in [0.1, 0.15) is 15.3 Å². The number of hydrogen-bond donors (Lipinski definition) is 1. The molecule has 0 aliphatic heterocycles. The van der Waals surface area contributed by atoms with Crippen LogP contribution in [0.5, 0.6) is 0 Å². The largest absolute Gasteiger partial charge is 0.374 e. The van der Waals surface area contributed by atoms with Gasteiger partial charge in [0, 0.05) is 44.5 Å². The van der Waals surface area contributed by atoms with E-state index in [9.17, 15) is 0 Å². The fourth-order valence-electron chi connectivity index (χ4n) is 2.67. The predicted octanol–water partition coefficient (Wildman–Crippen LogP) is 6.44. The molecule has 0 radical (unpaired) electrons. The highest BCUT2D eigenvalue weighted by molar-refractivity contribution is 7.80. The van der Waals surface area contributed by atoms with E-state index < -0.39 is 0 Å². The van der Waals surface area contributed by atoms with Crippen LogP contribution in [0.15, 0.2) is 54.1 Å². The molecular formula is C23H19N3S3. The van der Waals surface area contributed by atoms with Crippen molar-refractivity contribution in [3.8, 4) is 21.9 Å². The van der Waals surface area contributed by atoms with Crippen molar-refractivity contribution in [3.05, 3.63) is 69.4 Å². The van der Waals surface area contributed by atoms with Crippen LogP contribution in [-0.2, 0) is 0 Å². The molecule has 0 fully saturated rings. The van der Waals surface area contributed by atoms with Crippen molar-refractivity contribution in [2.45, 2.75) is 0 Å². The Kier molecular flexibility index (Phi) is 7.32. The lowest BCUT2D eigenvalue weighted by Crippen LogP contribution is -2.19. The third kappa shape index (κ3) is 5.62. The van der Waals surface area contributed by atoms with Crippen LogP contribution >= 0.6 is 35.3 Å². The van der Waals surface area contributed by atoms with Gasteiger partial charge in [0.15, 0.2) is 0 Å². The first-order valence-electron chi connectivity index (χ1n) is 8.95. The average Bonchev–Trinajstić information content (AvgIpc) is 3.40. The summed E-state index contributed by atoms with van der Waals surface area (Å²) in [4.78, 5) is 6.58. The Morgan fingerprint density at radius 1 is 0.931 bits per heavy atom. The number of benzene rings is 1. The van der Waals surface area contributed by atoms with Gasteiger partial charge in [0.2, 0.25) is 0 Å². The highest BCUT2D eigenvalue weighted by Crippen LogP contribution is 2.35. The summed E-state index contributed by atoms with van der Waals surface area (Å²) < 4.78 is 0. The van der Waals surface area contributed by atoms with Crippen LogP contribution < -0.4 is 4.90 Å². The van der Waals surface area contributed by atoms with Crippen molar-refractivity contribution in [3.63, 3.8) is 0 Å². The minimum absolute atomic E-state index is 0.121. The first kappa shape index (κ1) is 21.0. The van der Waals surface area contributed by atoms with Gasteiger partial charge in [-0.05, 0) is 54.1 Å². The molecule has 0 unspecified atom stereocenters. The smallest absolute Gasteiger partial charge is 0.131 e. The van der Waals surface area contributed by atoms with Crippen molar-refractivity contribution >= 4 is 59.2 Å². The standard InChI is InChI=1S/C23H19N3S3/c1-26(12-13-27)19-5-2-17(3-6-19)4-7-20-8-10-22(28-20)23-11-9-21(29-23)14-18(15-24)16-25/h2-11,14,27H,12-13H2,1H3/b7-4+. The van der Waals surface area contributed by atoms with Crippen molar-refractivity contribution in [1.82, 2.24) is 0 Å². The van der Waals surface area contributed by atoms with Gasteiger partial charge in [0.1, 0.15) is 17.7 Å². The highest BCUT2D eigenvalue weighted by atomic mass is 32.1. The lowest BCUT2D eigenvalue weighted by Gasteiger charge is -2.17. The molecular weight excluding hydrogens is 414 g/mol. The molecule has 3 rings (SSSR count). The maximum absolute atomic E-state index is 8.89. The topological polar surface area (TPSA) is 50.8 Å². The number of anilines is 1. The minimum Gasteiger partial charge on any atom is -0.374 e. The van der Waals surface area contributed by atoms with Gasteiger partial charge < -0.3 is 4.90 Å². The van der Waals surface area contributed by atoms with Crippen LogP contribution in [0.4, 0.5) is 5.69 Å². The van der Waals surface area contributed by atoms with Gasteiger partial charge in [-0.1, -0.05) is 18.2 Å². The van der Waals surface area contributed by atoms with Crippen LogP contribution in [-0.4, -0.2) is 19.3 Å². The molecule has 0 saturated carbocycles. The number of allylic oxidation sites excluding steroid dienone is 1. The molecule has 0 amide bonds. The molecule has 6 heteroatoms. The van der Waals surface area contributed by atoms with E-state index in [1.165, 1.54) is 15.4 Å². The Hall–Kier alpha value is -2.77. The number of rotatable bonds is 7. The summed E-state index contributed by atoms with van der Waals surface area (Å²) in [5.41, 5.74) is 2.47. The van der Waals surface area contributed by atoms with E-state index >= 15 is 0 Å². The van der Waals surface area contributed by atoms with Gasteiger partial charge in [0.25, 0.3) is 0 Å². The fraction of sp³-hybridized carbons (Fsp3) is 0.130. The maximum atomic E-state index is 8.89. The third-order valence-electron chi connectivity index (χ3n) is 4.23. The molecule has 2 heterocycles. The molecule has 0 N–H and O–H groups in total. The first-order valence-corrected chi connectivity index (χ1v) is 11.2. The number of thiol groups is 1. The molecule has 2 aromatic heterocycles. The zero-order valence-corrected chi connectivity index (χ0v) is 18.4. The van der Waals surface area contributed by atoms with E-state index in [1.807, 2.05) is 24.3 Å². The quantitative estimate of drug-likeness (QED) is 0.344. The van der Waals surface area contributed by atoms with Gasteiger partial charge in [-0.3, -0.25) is 0 Å². The zero-order chi connectivity index (χ0) is 20.6. The summed E-state index contributed by atoms with van der Waals surface area (Å²) >= 11 is 7.58. The Balaban J connectivity index is 1.69. The highest BCUT2D eigenvalue weighted by Gasteiger charge is 2.06. The van der Waals surface area contributed by atoms with Crippen LogP contribution in [0.3, 0.4) is 0 Å². The molecule has 0 saturated heterocycles. The van der Waals surface area contributed by atoms with Gasteiger partial charge in [-0.15, -0.1) is 22.7 Å². The summed E-state index contributed by atoms with van der Waals surface area (Å²) in [6, 6.07) is 20.5. The van der Waals surface area contributed by atoms with E-state index in [2.05, 4.69) is 73.1 Å². The summed E-state index contributed by atoms with van der Waals surface area (Å²) in [6.45, 7) is 0.921. The van der Waals surface area contributed by atoms with E-state index in [0.29, 0.717) is 0 Å². The SMILES string of the molecule is CN(CCS)c1ccc(/C=C/c2ccc(-c3ccc(C=C(C#N)C#N)s3)s2)cc1. The van der Waals surface area contributed by atoms with E-state index in [4.69, 9.17) is 10.5 Å². The van der Waals surface area contributed by atoms with Crippen LogP contribution in [0, 0.1) is 22.7 Å². The van der Waals surface area contributed by atoms with Crippen LogP contribution in [0.2, 0.25) is 0 Å².